The van der Waals surface area contributed by atoms with Crippen molar-refractivity contribution in [1.29, 1.82) is 0 Å². The molecule has 0 aromatic rings. The van der Waals surface area contributed by atoms with E-state index in [1.807, 2.05) is 4.72 Å². The molecule has 0 aromatic heterocycles. The summed E-state index contributed by atoms with van der Waals surface area (Å²) in [6.07, 6.45) is 3.22. The van der Waals surface area contributed by atoms with E-state index >= 15 is 0 Å². The normalized spacial score (nSPS) is 18.6. The predicted molar refractivity (Wildman–Crippen MR) is 108 cm³/mol. The van der Waals surface area contributed by atoms with Crippen LogP contribution in [-0.2, 0) is 29.1 Å². The van der Waals surface area contributed by atoms with Crippen molar-refractivity contribution in [3.05, 3.63) is 0 Å². The number of hydrogen-bond donors (Lipinski definition) is 2. The average Bonchev–Trinajstić information content (AvgIpc) is 2.78. The van der Waals surface area contributed by atoms with Crippen molar-refractivity contribution in [3.63, 3.8) is 0 Å². The maximum absolute atomic E-state index is 12.3. The molecule has 0 atom stereocenters. The van der Waals surface area contributed by atoms with Crippen LogP contribution in [0.15, 0.2) is 0 Å². The Hall–Kier alpha value is 0.120. The van der Waals surface area contributed by atoms with E-state index in [4.69, 9.17) is 39.5 Å². The number of amides is 1. The fraction of sp³-hybridized carbons (Fsp3) is 0.929. The summed E-state index contributed by atoms with van der Waals surface area (Å²) in [5.74, 6) is -2.16. The lowest BCUT2D eigenvalue weighted by Crippen LogP contribution is -2.46. The van der Waals surface area contributed by atoms with Gasteiger partial charge in [-0.2, -0.15) is 8.42 Å². The monoisotopic (exact) mass is 501 g/mol. The van der Waals surface area contributed by atoms with E-state index in [0.717, 1.165) is 12.8 Å². The van der Waals surface area contributed by atoms with Gasteiger partial charge < -0.3 is 0 Å². The molecule has 0 unspecified atom stereocenters. The third kappa shape index (κ3) is 8.86. The number of halogens is 3. The number of rotatable bonds is 10. The van der Waals surface area contributed by atoms with E-state index in [2.05, 4.69) is 4.84 Å². The minimum Gasteiger partial charge on any atom is -0.274 e. The molecule has 0 heterocycles. The van der Waals surface area contributed by atoms with Crippen molar-refractivity contribution in [2.24, 2.45) is 0 Å². The van der Waals surface area contributed by atoms with Crippen molar-refractivity contribution in [2.45, 2.75) is 70.1 Å². The van der Waals surface area contributed by atoms with Crippen LogP contribution in [0.3, 0.4) is 0 Å². The summed E-state index contributed by atoms with van der Waals surface area (Å²) >= 11 is 17.2. The highest BCUT2D eigenvalue weighted by Crippen LogP contribution is 2.37. The van der Waals surface area contributed by atoms with Crippen LogP contribution in [0.25, 0.3) is 0 Å². The summed E-state index contributed by atoms with van der Waals surface area (Å²) < 4.78 is 56.4. The third-order valence-electron chi connectivity index (χ3n) is 4.13. The van der Waals surface area contributed by atoms with Crippen LogP contribution >= 0.6 is 35.3 Å². The van der Waals surface area contributed by atoms with E-state index in [9.17, 15) is 21.6 Å². The molecule has 28 heavy (non-hydrogen) atoms. The van der Waals surface area contributed by atoms with E-state index in [-0.39, 0.29) is 0 Å². The summed E-state index contributed by atoms with van der Waals surface area (Å²) in [6, 6.07) is 0. The van der Waals surface area contributed by atoms with Crippen LogP contribution in [0.5, 0.6) is 0 Å². The van der Waals surface area contributed by atoms with Gasteiger partial charge in [-0.25, -0.2) is 17.4 Å². The van der Waals surface area contributed by atoms with E-state index in [1.165, 1.54) is 13.8 Å². The predicted octanol–water partition coefficient (Wildman–Crippen LogP) is 2.35. The lowest BCUT2D eigenvalue weighted by Gasteiger charge is -2.33. The van der Waals surface area contributed by atoms with Gasteiger partial charge in [-0.15, -0.1) is 0 Å². The summed E-state index contributed by atoms with van der Waals surface area (Å²) in [7, 11) is -8.20. The molecule has 0 spiro atoms. The van der Waals surface area contributed by atoms with Crippen LogP contribution in [0.2, 0.25) is 0 Å². The minimum absolute atomic E-state index is 0.320. The lowest BCUT2D eigenvalue weighted by molar-refractivity contribution is -0.119. The maximum atomic E-state index is 12.3. The highest BCUT2D eigenvalue weighted by atomic mass is 35.5. The van der Waals surface area contributed by atoms with Crippen LogP contribution in [0, 0.1) is 0 Å². The SMILES string of the molecule is CC(C)(CS(=O)(=O)NC(=O)CCS(=O)(=O)OC1(N(Cl)Cl)CCCCCC1)NCl. The molecule has 14 heteroatoms. The number of sulfonamides is 1. The van der Waals surface area contributed by atoms with Gasteiger partial charge in [0.1, 0.15) is 0 Å². The summed E-state index contributed by atoms with van der Waals surface area (Å²) in [4.78, 5) is 14.2. The molecule has 0 aliphatic heterocycles. The molecule has 1 fully saturated rings. The number of carbonyl (C=O) groups is 1. The molecule has 0 saturated heterocycles. The van der Waals surface area contributed by atoms with Crippen molar-refractivity contribution >= 4 is 61.4 Å². The largest absolute Gasteiger partial charge is 0.274 e. The molecule has 2 N–H and O–H groups in total. The van der Waals surface area contributed by atoms with Gasteiger partial charge in [-0.05, 0) is 74.9 Å². The molecule has 1 aliphatic carbocycles. The van der Waals surface area contributed by atoms with Crippen molar-refractivity contribution < 1.29 is 25.8 Å². The number of nitrogens with zero attached hydrogens (tertiary/aromatic N) is 1. The van der Waals surface area contributed by atoms with Gasteiger partial charge in [0.15, 0.2) is 5.72 Å². The Kier molecular flexibility index (Phi) is 9.74. The maximum Gasteiger partial charge on any atom is 0.269 e. The van der Waals surface area contributed by atoms with Crippen LogP contribution < -0.4 is 9.56 Å². The first-order chi connectivity index (χ1) is 12.7. The Labute approximate surface area is 181 Å². The zero-order valence-corrected chi connectivity index (χ0v) is 19.6. The van der Waals surface area contributed by atoms with Crippen LogP contribution in [-0.4, -0.2) is 49.5 Å². The minimum atomic E-state index is -4.19. The Morgan fingerprint density at radius 1 is 1.11 bits per heavy atom. The van der Waals surface area contributed by atoms with Gasteiger partial charge in [-0.3, -0.25) is 9.52 Å². The second-order valence-corrected chi connectivity index (χ2v) is 11.9. The van der Waals surface area contributed by atoms with Gasteiger partial charge in [-0.1, -0.05) is 16.8 Å². The lowest BCUT2D eigenvalue weighted by atomic mass is 10.1. The second kappa shape index (κ2) is 10.4. The first-order valence-electron chi connectivity index (χ1n) is 8.69. The highest BCUT2D eigenvalue weighted by Gasteiger charge is 2.42. The van der Waals surface area contributed by atoms with Gasteiger partial charge >= 0.3 is 0 Å². The molecule has 1 saturated carbocycles. The number of carbonyl (C=O) groups excluding carboxylic acids is 1. The molecular formula is C14H26Cl3N3O6S2. The van der Waals surface area contributed by atoms with Crippen LogP contribution in [0.4, 0.5) is 0 Å². The smallest absolute Gasteiger partial charge is 0.269 e. The fourth-order valence-corrected chi connectivity index (χ4v) is 6.23. The summed E-state index contributed by atoms with van der Waals surface area (Å²) in [6.45, 7) is 3.05. The molecule has 0 bridgehead atoms. The Morgan fingerprint density at radius 3 is 2.11 bits per heavy atom. The van der Waals surface area contributed by atoms with Crippen molar-refractivity contribution in [3.8, 4) is 0 Å². The number of hydrogen-bond acceptors (Lipinski definition) is 8. The highest BCUT2D eigenvalue weighted by molar-refractivity contribution is 7.90. The van der Waals surface area contributed by atoms with Gasteiger partial charge in [0.25, 0.3) is 10.1 Å². The van der Waals surface area contributed by atoms with E-state index in [0.29, 0.717) is 29.6 Å². The fourth-order valence-electron chi connectivity index (χ4n) is 2.82. The first kappa shape index (κ1) is 26.2. The van der Waals surface area contributed by atoms with Crippen LogP contribution in [0.1, 0.15) is 58.8 Å². The summed E-state index contributed by atoms with van der Waals surface area (Å²) in [5.41, 5.74) is -2.38. The molecule has 0 radical (unpaired) electrons. The molecule has 1 amide bonds. The quantitative estimate of drug-likeness (QED) is 0.202. The molecular weight excluding hydrogens is 477 g/mol. The van der Waals surface area contributed by atoms with E-state index in [1.54, 1.807) is 0 Å². The van der Waals surface area contributed by atoms with Crippen molar-refractivity contribution in [2.75, 3.05) is 11.5 Å². The Balaban J connectivity index is 2.70. The zero-order valence-electron chi connectivity index (χ0n) is 15.7. The Bertz CT molecular complexity index is 735. The molecule has 0 aromatic carbocycles. The zero-order chi connectivity index (χ0) is 21.6. The first-order valence-corrected chi connectivity index (χ1v) is 13.0. The molecule has 1 rings (SSSR count). The van der Waals surface area contributed by atoms with E-state index < -0.39 is 55.2 Å². The average molecular weight is 503 g/mol. The molecule has 9 nitrogen and oxygen atoms in total. The Morgan fingerprint density at radius 2 is 1.64 bits per heavy atom. The topological polar surface area (TPSA) is 122 Å². The van der Waals surface area contributed by atoms with Gasteiger partial charge in [0, 0.05) is 12.0 Å². The van der Waals surface area contributed by atoms with Gasteiger partial charge in [0.2, 0.25) is 15.9 Å². The van der Waals surface area contributed by atoms with Crippen molar-refractivity contribution in [1.82, 2.24) is 13.5 Å². The third-order valence-corrected chi connectivity index (χ3v) is 8.17. The number of nitrogens with one attached hydrogen (secondary N) is 2. The van der Waals surface area contributed by atoms with Gasteiger partial charge in [0.05, 0.1) is 11.5 Å². The summed E-state index contributed by atoms with van der Waals surface area (Å²) in [5, 5.41) is 0. The standard InChI is InChI=1S/C14H26Cl3N3O6S2/c1-13(2,19-15)11-27(22,23)18-12(21)7-10-28(24,25)26-14(20(16)17)8-5-3-4-6-9-14/h19H,3-11H2,1-2H3,(H,18,21). The molecule has 166 valence electrons. The molecule has 1 aliphatic rings. The second-order valence-electron chi connectivity index (χ2n) is 7.45.